The minimum absolute atomic E-state index is 0.0934. The van der Waals surface area contributed by atoms with Gasteiger partial charge in [-0.15, -0.1) is 10.2 Å². The molecule has 3 aromatic rings. The first-order valence-electron chi connectivity index (χ1n) is 8.74. The summed E-state index contributed by atoms with van der Waals surface area (Å²) in [6.07, 6.45) is 0. The van der Waals surface area contributed by atoms with Crippen molar-refractivity contribution in [2.75, 3.05) is 23.5 Å². The maximum Gasteiger partial charge on any atom is 0.248 e. The fourth-order valence-electron chi connectivity index (χ4n) is 2.48. The molecular formula is C19H20N6O3S. The highest BCUT2D eigenvalue weighted by Crippen LogP contribution is 2.23. The van der Waals surface area contributed by atoms with Crippen molar-refractivity contribution in [2.24, 2.45) is 5.73 Å². The minimum atomic E-state index is -0.524. The summed E-state index contributed by atoms with van der Waals surface area (Å²) in [6.45, 7) is 2.50. The lowest BCUT2D eigenvalue weighted by Gasteiger charge is -2.07. The van der Waals surface area contributed by atoms with Gasteiger partial charge in [-0.05, 0) is 55.5 Å². The summed E-state index contributed by atoms with van der Waals surface area (Å²) in [4.78, 5) is 23.2. The summed E-state index contributed by atoms with van der Waals surface area (Å²) in [5.74, 6) is 6.65. The predicted octanol–water partition coefficient (Wildman–Crippen LogP) is 1.89. The van der Waals surface area contributed by atoms with Crippen LogP contribution in [0.5, 0.6) is 5.75 Å². The quantitative estimate of drug-likeness (QED) is 0.379. The molecule has 9 nitrogen and oxygen atoms in total. The Kier molecular flexibility index (Phi) is 6.35. The van der Waals surface area contributed by atoms with Crippen LogP contribution in [0.4, 0.5) is 5.69 Å². The van der Waals surface area contributed by atoms with Gasteiger partial charge in [-0.3, -0.25) is 9.59 Å². The summed E-state index contributed by atoms with van der Waals surface area (Å²) < 4.78 is 6.76. The molecule has 0 radical (unpaired) electrons. The SMILES string of the molecule is CCOc1ccc(-c2nnc(SCC(=O)Nc3ccc(C(N)=O)cc3)n2N)cc1. The molecule has 0 saturated carbocycles. The van der Waals surface area contributed by atoms with E-state index in [-0.39, 0.29) is 11.7 Å². The van der Waals surface area contributed by atoms with Gasteiger partial charge in [0.05, 0.1) is 12.4 Å². The highest BCUT2D eigenvalue weighted by atomic mass is 32.2. The van der Waals surface area contributed by atoms with Crippen molar-refractivity contribution < 1.29 is 14.3 Å². The molecule has 0 fully saturated rings. The van der Waals surface area contributed by atoms with Crippen molar-refractivity contribution in [1.29, 1.82) is 0 Å². The van der Waals surface area contributed by atoms with E-state index in [4.69, 9.17) is 16.3 Å². The van der Waals surface area contributed by atoms with Crippen LogP contribution >= 0.6 is 11.8 Å². The van der Waals surface area contributed by atoms with Gasteiger partial charge in [-0.2, -0.15) is 0 Å². The van der Waals surface area contributed by atoms with Crippen LogP contribution < -0.4 is 21.6 Å². The first-order valence-corrected chi connectivity index (χ1v) is 9.72. The van der Waals surface area contributed by atoms with Gasteiger partial charge < -0.3 is 21.6 Å². The molecule has 3 rings (SSSR count). The number of aromatic nitrogens is 3. The van der Waals surface area contributed by atoms with E-state index in [2.05, 4.69) is 15.5 Å². The minimum Gasteiger partial charge on any atom is -0.494 e. The zero-order valence-corrected chi connectivity index (χ0v) is 16.5. The van der Waals surface area contributed by atoms with Gasteiger partial charge in [-0.25, -0.2) is 4.68 Å². The number of primary amides is 1. The Morgan fingerprint density at radius 1 is 1.10 bits per heavy atom. The molecule has 0 aliphatic rings. The maximum atomic E-state index is 12.2. The molecule has 5 N–H and O–H groups in total. The molecule has 29 heavy (non-hydrogen) atoms. The van der Waals surface area contributed by atoms with Gasteiger partial charge in [0.1, 0.15) is 5.75 Å². The van der Waals surface area contributed by atoms with E-state index in [1.54, 1.807) is 24.3 Å². The number of hydrogen-bond acceptors (Lipinski definition) is 7. The van der Waals surface area contributed by atoms with E-state index < -0.39 is 5.91 Å². The molecule has 2 amide bonds. The number of rotatable bonds is 8. The van der Waals surface area contributed by atoms with Crippen molar-refractivity contribution >= 4 is 29.3 Å². The number of nitrogens with one attached hydrogen (secondary N) is 1. The van der Waals surface area contributed by atoms with Crippen LogP contribution in [0.25, 0.3) is 11.4 Å². The number of nitrogens with two attached hydrogens (primary N) is 2. The van der Waals surface area contributed by atoms with Gasteiger partial charge in [0.25, 0.3) is 0 Å². The molecular weight excluding hydrogens is 392 g/mol. The second kappa shape index (κ2) is 9.11. The van der Waals surface area contributed by atoms with E-state index in [1.807, 2.05) is 31.2 Å². The Hall–Kier alpha value is -3.53. The second-order valence-corrected chi connectivity index (χ2v) is 6.85. The van der Waals surface area contributed by atoms with Crippen LogP contribution in [-0.4, -0.2) is 39.0 Å². The summed E-state index contributed by atoms with van der Waals surface area (Å²) in [5.41, 5.74) is 6.91. The first kappa shape index (κ1) is 20.2. The smallest absolute Gasteiger partial charge is 0.248 e. The van der Waals surface area contributed by atoms with Gasteiger partial charge in [0.2, 0.25) is 17.0 Å². The topological polar surface area (TPSA) is 138 Å². The number of ether oxygens (including phenoxy) is 1. The van der Waals surface area contributed by atoms with E-state index in [0.717, 1.165) is 23.1 Å². The molecule has 0 aliphatic heterocycles. The van der Waals surface area contributed by atoms with Gasteiger partial charge in [0.15, 0.2) is 5.82 Å². The largest absolute Gasteiger partial charge is 0.494 e. The third-order valence-electron chi connectivity index (χ3n) is 3.87. The summed E-state index contributed by atoms with van der Waals surface area (Å²) >= 11 is 1.16. The number of benzene rings is 2. The number of thioether (sulfide) groups is 1. The lowest BCUT2D eigenvalue weighted by Crippen LogP contribution is -2.16. The van der Waals surface area contributed by atoms with Crippen LogP contribution in [0.1, 0.15) is 17.3 Å². The standard InChI is InChI=1S/C19H20N6O3S/c1-2-28-15-9-5-13(6-10-15)18-23-24-19(25(18)21)29-11-16(26)22-14-7-3-12(4-8-14)17(20)27/h3-10H,2,11,21H2,1H3,(H2,20,27)(H,22,26). The lowest BCUT2D eigenvalue weighted by atomic mass is 10.2. The van der Waals surface area contributed by atoms with Crippen molar-refractivity contribution in [1.82, 2.24) is 14.9 Å². The molecule has 150 valence electrons. The van der Waals surface area contributed by atoms with Gasteiger partial charge in [0, 0.05) is 16.8 Å². The van der Waals surface area contributed by atoms with Crippen molar-refractivity contribution in [3.8, 4) is 17.1 Å². The second-order valence-electron chi connectivity index (χ2n) is 5.91. The summed E-state index contributed by atoms with van der Waals surface area (Å²) in [5, 5.41) is 11.3. The molecule has 0 unspecified atom stereocenters. The van der Waals surface area contributed by atoms with Crippen LogP contribution in [0.15, 0.2) is 53.7 Å². The third-order valence-corrected chi connectivity index (χ3v) is 4.82. The van der Waals surface area contributed by atoms with Gasteiger partial charge in [-0.1, -0.05) is 11.8 Å². The number of nitrogens with zero attached hydrogens (tertiary/aromatic N) is 3. The number of anilines is 1. The van der Waals surface area contributed by atoms with E-state index >= 15 is 0 Å². The number of hydrogen-bond donors (Lipinski definition) is 3. The Labute approximate surface area is 171 Å². The van der Waals surface area contributed by atoms with Crippen molar-refractivity contribution in [2.45, 2.75) is 12.1 Å². The van der Waals surface area contributed by atoms with Crippen LogP contribution in [-0.2, 0) is 4.79 Å². The Bertz CT molecular complexity index is 1000. The Morgan fingerprint density at radius 3 is 2.41 bits per heavy atom. The maximum absolute atomic E-state index is 12.2. The zero-order chi connectivity index (χ0) is 20.8. The monoisotopic (exact) mass is 412 g/mol. The number of amides is 2. The fourth-order valence-corrected chi connectivity index (χ4v) is 3.14. The van der Waals surface area contributed by atoms with Crippen LogP contribution in [0.3, 0.4) is 0 Å². The van der Waals surface area contributed by atoms with E-state index in [0.29, 0.717) is 28.8 Å². The van der Waals surface area contributed by atoms with Crippen molar-refractivity contribution in [3.63, 3.8) is 0 Å². The summed E-state index contributed by atoms with van der Waals surface area (Å²) in [7, 11) is 0. The lowest BCUT2D eigenvalue weighted by molar-refractivity contribution is -0.113. The average molecular weight is 412 g/mol. The number of carbonyl (C=O) groups excluding carboxylic acids is 2. The third kappa shape index (κ3) is 5.05. The summed E-state index contributed by atoms with van der Waals surface area (Å²) in [6, 6.07) is 13.7. The number of carbonyl (C=O) groups is 2. The molecule has 10 heteroatoms. The average Bonchev–Trinajstić information content (AvgIpc) is 3.08. The molecule has 0 saturated heterocycles. The Morgan fingerprint density at radius 2 is 1.79 bits per heavy atom. The molecule has 0 aliphatic carbocycles. The molecule has 1 aromatic heterocycles. The number of nitrogen functional groups attached to an aromatic ring is 1. The molecule has 0 atom stereocenters. The van der Waals surface area contributed by atoms with E-state index in [9.17, 15) is 9.59 Å². The molecule has 1 heterocycles. The molecule has 0 spiro atoms. The molecule has 2 aromatic carbocycles. The highest BCUT2D eigenvalue weighted by Gasteiger charge is 2.14. The van der Waals surface area contributed by atoms with Gasteiger partial charge >= 0.3 is 0 Å². The normalized spacial score (nSPS) is 10.5. The van der Waals surface area contributed by atoms with E-state index in [1.165, 1.54) is 4.68 Å². The first-order chi connectivity index (χ1) is 14.0. The fraction of sp³-hybridized carbons (Fsp3) is 0.158. The predicted molar refractivity (Wildman–Crippen MR) is 111 cm³/mol. The van der Waals surface area contributed by atoms with Crippen LogP contribution in [0.2, 0.25) is 0 Å². The highest BCUT2D eigenvalue weighted by molar-refractivity contribution is 7.99. The van der Waals surface area contributed by atoms with Crippen molar-refractivity contribution in [3.05, 3.63) is 54.1 Å². The molecule has 0 bridgehead atoms. The zero-order valence-electron chi connectivity index (χ0n) is 15.7. The van der Waals surface area contributed by atoms with Crippen LogP contribution in [0, 0.1) is 0 Å². The Balaban J connectivity index is 1.59.